The number of nitrogens with zero attached hydrogens (tertiary/aromatic N) is 2. The maximum atomic E-state index is 6.58. The molecular weight excluding hydrogens is 661 g/mol. The second kappa shape index (κ2) is 11.5. The molecule has 54 heavy (non-hydrogen) atoms. The summed E-state index contributed by atoms with van der Waals surface area (Å²) in [6, 6.07) is 60.1. The predicted octanol–water partition coefficient (Wildman–Crippen LogP) is 14.0. The summed E-state index contributed by atoms with van der Waals surface area (Å²) in [6.07, 6.45) is 0. The molecule has 0 fully saturated rings. The average molecular weight is 695 g/mol. The zero-order valence-corrected chi connectivity index (χ0v) is 29.9. The van der Waals surface area contributed by atoms with Crippen molar-refractivity contribution in [1.29, 1.82) is 0 Å². The molecule has 0 atom stereocenters. The molecule has 0 saturated carbocycles. The standard InChI is InChI=1S/C50H34N2O2/c1-50(2)41-18-10-8-16-38(41)40-29-37(26-27-42(40)50)52(36-24-22-32(23-25-36)35-21-20-31-12-6-7-15-34(31)28-35)48-46-39-17-9-11-19-43(39)53-44(46)30-45-47(48)51-49(54-45)33-13-4-3-5-14-33/h3-30H,1-2H3. The highest BCUT2D eigenvalue weighted by Crippen LogP contribution is 2.52. The van der Waals surface area contributed by atoms with Crippen LogP contribution in [0.2, 0.25) is 0 Å². The monoisotopic (exact) mass is 694 g/mol. The van der Waals surface area contributed by atoms with Crippen molar-refractivity contribution in [2.45, 2.75) is 19.3 Å². The van der Waals surface area contributed by atoms with E-state index in [2.05, 4.69) is 140 Å². The van der Waals surface area contributed by atoms with E-state index in [9.17, 15) is 0 Å². The Morgan fingerprint density at radius 2 is 1.19 bits per heavy atom. The molecule has 10 aromatic rings. The summed E-state index contributed by atoms with van der Waals surface area (Å²) < 4.78 is 13.2. The normalized spacial score (nSPS) is 13.1. The molecule has 0 spiro atoms. The fraction of sp³-hybridized carbons (Fsp3) is 0.0600. The molecule has 4 heteroatoms. The lowest BCUT2D eigenvalue weighted by atomic mass is 9.82. The number of rotatable bonds is 5. The minimum atomic E-state index is -0.110. The molecular formula is C50H34N2O2. The van der Waals surface area contributed by atoms with Gasteiger partial charge in [0.15, 0.2) is 5.58 Å². The molecule has 2 heterocycles. The lowest BCUT2D eigenvalue weighted by molar-refractivity contribution is 0.617. The molecule has 8 aromatic carbocycles. The Bertz CT molecular complexity index is 3080. The molecule has 256 valence electrons. The van der Waals surface area contributed by atoms with E-state index in [1.165, 1.54) is 38.6 Å². The van der Waals surface area contributed by atoms with Crippen molar-refractivity contribution in [2.75, 3.05) is 4.90 Å². The number of para-hydroxylation sites is 1. The van der Waals surface area contributed by atoms with Crippen molar-refractivity contribution in [1.82, 2.24) is 4.98 Å². The Labute approximate surface area is 312 Å². The maximum absolute atomic E-state index is 6.58. The smallest absolute Gasteiger partial charge is 0.227 e. The fourth-order valence-corrected chi connectivity index (χ4v) is 8.60. The van der Waals surface area contributed by atoms with E-state index in [4.69, 9.17) is 13.8 Å². The van der Waals surface area contributed by atoms with E-state index in [0.717, 1.165) is 55.6 Å². The molecule has 0 unspecified atom stereocenters. The molecule has 0 saturated heterocycles. The van der Waals surface area contributed by atoms with E-state index in [1.807, 2.05) is 48.5 Å². The van der Waals surface area contributed by atoms with Crippen molar-refractivity contribution in [3.05, 3.63) is 181 Å². The molecule has 0 aliphatic heterocycles. The Morgan fingerprint density at radius 3 is 2.06 bits per heavy atom. The van der Waals surface area contributed by atoms with Crippen LogP contribution in [0.25, 0.3) is 77.5 Å². The minimum Gasteiger partial charge on any atom is -0.456 e. The molecule has 4 nitrogen and oxygen atoms in total. The van der Waals surface area contributed by atoms with Gasteiger partial charge in [-0.05, 0) is 92.7 Å². The van der Waals surface area contributed by atoms with Gasteiger partial charge in [-0.15, -0.1) is 0 Å². The van der Waals surface area contributed by atoms with Crippen molar-refractivity contribution in [3.63, 3.8) is 0 Å². The number of furan rings is 1. The van der Waals surface area contributed by atoms with Crippen LogP contribution in [-0.4, -0.2) is 4.98 Å². The first kappa shape index (κ1) is 30.7. The van der Waals surface area contributed by atoms with Crippen molar-refractivity contribution >= 4 is 60.9 Å². The molecule has 1 aliphatic rings. The molecule has 1 aliphatic carbocycles. The number of hydrogen-bond acceptors (Lipinski definition) is 4. The van der Waals surface area contributed by atoms with Gasteiger partial charge in [0.05, 0.1) is 11.1 Å². The number of benzene rings is 8. The topological polar surface area (TPSA) is 42.4 Å². The zero-order valence-electron chi connectivity index (χ0n) is 29.9. The van der Waals surface area contributed by atoms with Crippen LogP contribution in [0, 0.1) is 0 Å². The van der Waals surface area contributed by atoms with Gasteiger partial charge in [-0.3, -0.25) is 0 Å². The Balaban J connectivity index is 1.19. The largest absolute Gasteiger partial charge is 0.456 e. The fourth-order valence-electron chi connectivity index (χ4n) is 8.60. The summed E-state index contributed by atoms with van der Waals surface area (Å²) in [5.41, 5.74) is 14.3. The Morgan fingerprint density at radius 1 is 0.481 bits per heavy atom. The first-order valence-electron chi connectivity index (χ1n) is 18.5. The van der Waals surface area contributed by atoms with Crippen LogP contribution in [0.5, 0.6) is 0 Å². The van der Waals surface area contributed by atoms with Gasteiger partial charge in [-0.2, -0.15) is 0 Å². The van der Waals surface area contributed by atoms with Crippen LogP contribution in [0.1, 0.15) is 25.0 Å². The lowest BCUT2D eigenvalue weighted by Gasteiger charge is -2.28. The van der Waals surface area contributed by atoms with Crippen molar-refractivity contribution in [3.8, 4) is 33.7 Å². The van der Waals surface area contributed by atoms with Gasteiger partial charge in [0, 0.05) is 33.8 Å². The number of hydrogen-bond donors (Lipinski definition) is 0. The molecule has 0 radical (unpaired) electrons. The Hall–Kier alpha value is -6.91. The van der Waals surface area contributed by atoms with Crippen molar-refractivity contribution < 1.29 is 8.83 Å². The third-order valence-corrected chi connectivity index (χ3v) is 11.3. The van der Waals surface area contributed by atoms with E-state index < -0.39 is 0 Å². The summed E-state index contributed by atoms with van der Waals surface area (Å²) in [4.78, 5) is 7.62. The number of oxazole rings is 1. The first-order valence-corrected chi connectivity index (χ1v) is 18.5. The van der Waals surface area contributed by atoms with Gasteiger partial charge in [0.1, 0.15) is 16.7 Å². The van der Waals surface area contributed by atoms with E-state index in [0.29, 0.717) is 11.5 Å². The quantitative estimate of drug-likeness (QED) is 0.180. The summed E-state index contributed by atoms with van der Waals surface area (Å²) >= 11 is 0. The van der Waals surface area contributed by atoms with Gasteiger partial charge in [-0.25, -0.2) is 4.98 Å². The highest BCUT2D eigenvalue weighted by atomic mass is 16.4. The lowest BCUT2D eigenvalue weighted by Crippen LogP contribution is -2.15. The van der Waals surface area contributed by atoms with E-state index in [-0.39, 0.29) is 5.41 Å². The average Bonchev–Trinajstić information content (AvgIpc) is 3.88. The van der Waals surface area contributed by atoms with Gasteiger partial charge in [-0.1, -0.05) is 129 Å². The third-order valence-electron chi connectivity index (χ3n) is 11.3. The zero-order chi connectivity index (χ0) is 36.0. The summed E-state index contributed by atoms with van der Waals surface area (Å²) in [5, 5.41) is 4.48. The van der Waals surface area contributed by atoms with Crippen LogP contribution < -0.4 is 4.90 Å². The Kier molecular flexibility index (Phi) is 6.56. The summed E-state index contributed by atoms with van der Waals surface area (Å²) in [6.45, 7) is 4.64. The second-order valence-electron chi connectivity index (χ2n) is 14.8. The maximum Gasteiger partial charge on any atom is 0.227 e. The summed E-state index contributed by atoms with van der Waals surface area (Å²) in [7, 11) is 0. The van der Waals surface area contributed by atoms with Crippen molar-refractivity contribution in [2.24, 2.45) is 0 Å². The first-order chi connectivity index (χ1) is 26.5. The van der Waals surface area contributed by atoms with E-state index in [1.54, 1.807) is 0 Å². The number of fused-ring (bicyclic) bond motifs is 8. The number of anilines is 3. The van der Waals surface area contributed by atoms with Crippen LogP contribution in [0.3, 0.4) is 0 Å². The van der Waals surface area contributed by atoms with Crippen LogP contribution in [0.15, 0.2) is 179 Å². The van der Waals surface area contributed by atoms with Gasteiger partial charge < -0.3 is 13.7 Å². The minimum absolute atomic E-state index is 0.110. The molecule has 0 amide bonds. The molecule has 2 aromatic heterocycles. The van der Waals surface area contributed by atoms with Gasteiger partial charge in [0.2, 0.25) is 5.89 Å². The van der Waals surface area contributed by atoms with Crippen LogP contribution in [-0.2, 0) is 5.41 Å². The third kappa shape index (κ3) is 4.60. The molecule has 0 bridgehead atoms. The van der Waals surface area contributed by atoms with Crippen LogP contribution >= 0.6 is 0 Å². The highest BCUT2D eigenvalue weighted by molar-refractivity contribution is 6.20. The number of aromatic nitrogens is 1. The summed E-state index contributed by atoms with van der Waals surface area (Å²) in [5.74, 6) is 0.569. The van der Waals surface area contributed by atoms with E-state index >= 15 is 0 Å². The molecule has 0 N–H and O–H groups in total. The second-order valence-corrected chi connectivity index (χ2v) is 14.8. The SMILES string of the molecule is CC1(C)c2ccccc2-c2cc(N(c3ccc(-c4ccc5ccccc5c4)cc3)c3c4nc(-c5ccccc5)oc4cc4oc5ccccc5c34)ccc21. The van der Waals surface area contributed by atoms with Gasteiger partial charge >= 0.3 is 0 Å². The molecule has 11 rings (SSSR count). The highest BCUT2D eigenvalue weighted by Gasteiger charge is 2.36. The predicted molar refractivity (Wildman–Crippen MR) is 222 cm³/mol. The van der Waals surface area contributed by atoms with Gasteiger partial charge in [0.25, 0.3) is 0 Å². The van der Waals surface area contributed by atoms with Crippen LogP contribution in [0.4, 0.5) is 17.1 Å².